The van der Waals surface area contributed by atoms with E-state index in [4.69, 9.17) is 5.73 Å². The molecule has 16 heavy (non-hydrogen) atoms. The van der Waals surface area contributed by atoms with Crippen molar-refractivity contribution in [1.82, 2.24) is 9.38 Å². The van der Waals surface area contributed by atoms with E-state index in [2.05, 4.69) is 34.8 Å². The Bertz CT molecular complexity index is 493. The summed E-state index contributed by atoms with van der Waals surface area (Å²) in [7, 11) is 0. The third-order valence-electron chi connectivity index (χ3n) is 1.73. The largest absolute Gasteiger partial charge is 0.364 e. The normalized spacial score (nSPS) is 9.69. The van der Waals surface area contributed by atoms with E-state index in [-0.39, 0.29) is 0 Å². The van der Waals surface area contributed by atoms with Crippen molar-refractivity contribution in [2.24, 2.45) is 5.73 Å². The molecule has 2 aromatic rings. The van der Waals surface area contributed by atoms with Crippen LogP contribution in [-0.4, -0.2) is 15.3 Å². The van der Waals surface area contributed by atoms with Crippen LogP contribution >= 0.6 is 15.9 Å². The van der Waals surface area contributed by atoms with E-state index in [1.54, 1.807) is 16.8 Å². The van der Waals surface area contributed by atoms with Crippen molar-refractivity contribution in [3.63, 3.8) is 0 Å². The summed E-state index contributed by atoms with van der Waals surface area (Å²) < 4.78 is 2.66. The number of rotatable bonds is 1. The van der Waals surface area contributed by atoms with Gasteiger partial charge in [0.1, 0.15) is 6.33 Å². The summed E-state index contributed by atoms with van der Waals surface area (Å²) in [5.41, 5.74) is 6.15. The number of fused-ring (bicyclic) bond motifs is 1. The fraction of sp³-hybridized carbons (Fsp3) is 0.273. The summed E-state index contributed by atoms with van der Waals surface area (Å²) in [4.78, 5) is 14.8. The van der Waals surface area contributed by atoms with Crippen LogP contribution in [0.2, 0.25) is 0 Å². The van der Waals surface area contributed by atoms with Crippen LogP contribution in [-0.2, 0) is 0 Å². The number of primary amides is 1. The van der Waals surface area contributed by atoms with E-state index >= 15 is 0 Å². The molecule has 0 bridgehead atoms. The number of amides is 1. The second-order valence-corrected chi connectivity index (χ2v) is 4.22. The van der Waals surface area contributed by atoms with Gasteiger partial charge in [0.15, 0.2) is 5.69 Å². The van der Waals surface area contributed by atoms with Gasteiger partial charge in [-0.2, -0.15) is 0 Å². The molecule has 5 heteroatoms. The van der Waals surface area contributed by atoms with Gasteiger partial charge in [0, 0.05) is 10.7 Å². The molecule has 0 saturated heterocycles. The molecule has 0 aliphatic heterocycles. The maximum atomic E-state index is 10.9. The number of pyridine rings is 1. The average Bonchev–Trinajstić information content (AvgIpc) is 2.61. The van der Waals surface area contributed by atoms with Crippen LogP contribution in [0.15, 0.2) is 29.1 Å². The van der Waals surface area contributed by atoms with E-state index in [0.717, 1.165) is 9.99 Å². The number of carbonyl (C=O) groups excluding carboxylic acids is 1. The number of nitrogens with zero attached hydrogens (tertiary/aromatic N) is 2. The highest BCUT2D eigenvalue weighted by atomic mass is 79.9. The zero-order chi connectivity index (χ0) is 12.1. The smallest absolute Gasteiger partial charge is 0.269 e. The standard InChI is InChI=1S/C8H6BrN3O.C3H8/c9-5-1-2-6-7(8(10)13)11-4-12(6)3-5;1-3-2/h1-4H,(H2,10,13);3H2,1-2H3. The zero-order valence-corrected chi connectivity index (χ0v) is 10.9. The molecule has 0 atom stereocenters. The number of hydrogen-bond acceptors (Lipinski definition) is 2. The van der Waals surface area contributed by atoms with Gasteiger partial charge in [0.05, 0.1) is 5.52 Å². The quantitative estimate of drug-likeness (QED) is 0.875. The van der Waals surface area contributed by atoms with Crippen LogP contribution < -0.4 is 5.73 Å². The van der Waals surface area contributed by atoms with Gasteiger partial charge in [-0.25, -0.2) is 4.98 Å². The van der Waals surface area contributed by atoms with Crippen LogP contribution in [0.25, 0.3) is 5.52 Å². The molecule has 0 saturated carbocycles. The molecule has 2 rings (SSSR count). The van der Waals surface area contributed by atoms with Crippen LogP contribution in [0.5, 0.6) is 0 Å². The third-order valence-corrected chi connectivity index (χ3v) is 2.20. The number of hydrogen-bond donors (Lipinski definition) is 1. The molecule has 0 spiro atoms. The predicted molar refractivity (Wildman–Crippen MR) is 67.4 cm³/mol. The first-order valence-corrected chi connectivity index (χ1v) is 5.81. The van der Waals surface area contributed by atoms with Gasteiger partial charge in [-0.05, 0) is 28.1 Å². The molecular formula is C11H14BrN3O. The summed E-state index contributed by atoms with van der Waals surface area (Å²) in [6.07, 6.45) is 4.62. The van der Waals surface area contributed by atoms with Crippen molar-refractivity contribution in [3.05, 3.63) is 34.8 Å². The van der Waals surface area contributed by atoms with Gasteiger partial charge >= 0.3 is 0 Å². The molecule has 0 aliphatic carbocycles. The van der Waals surface area contributed by atoms with E-state index in [1.807, 2.05) is 12.3 Å². The second kappa shape index (κ2) is 5.65. The minimum atomic E-state index is -0.509. The fourth-order valence-corrected chi connectivity index (χ4v) is 1.52. The second-order valence-electron chi connectivity index (χ2n) is 3.30. The van der Waals surface area contributed by atoms with Crippen molar-refractivity contribution < 1.29 is 4.79 Å². The molecule has 2 heterocycles. The topological polar surface area (TPSA) is 60.4 Å². The number of imidazole rings is 1. The van der Waals surface area contributed by atoms with Crippen molar-refractivity contribution >= 4 is 27.4 Å². The molecule has 0 radical (unpaired) electrons. The Hall–Kier alpha value is -1.36. The highest BCUT2D eigenvalue weighted by molar-refractivity contribution is 9.10. The minimum Gasteiger partial charge on any atom is -0.364 e. The maximum Gasteiger partial charge on any atom is 0.269 e. The first-order valence-electron chi connectivity index (χ1n) is 5.02. The summed E-state index contributed by atoms with van der Waals surface area (Å²) >= 11 is 3.31. The van der Waals surface area contributed by atoms with Gasteiger partial charge < -0.3 is 10.1 Å². The first-order chi connectivity index (χ1) is 7.60. The summed E-state index contributed by atoms with van der Waals surface area (Å²) in [6.45, 7) is 4.25. The van der Waals surface area contributed by atoms with Crippen LogP contribution in [0, 0.1) is 0 Å². The van der Waals surface area contributed by atoms with Crippen LogP contribution in [0.3, 0.4) is 0 Å². The van der Waals surface area contributed by atoms with Gasteiger partial charge in [-0.3, -0.25) is 4.79 Å². The Morgan fingerprint density at radius 1 is 1.50 bits per heavy atom. The molecule has 0 fully saturated rings. The van der Waals surface area contributed by atoms with Crippen molar-refractivity contribution in [2.45, 2.75) is 20.3 Å². The fourth-order valence-electron chi connectivity index (χ4n) is 1.16. The summed E-state index contributed by atoms with van der Waals surface area (Å²) in [5.74, 6) is -0.509. The third kappa shape index (κ3) is 2.82. The average molecular weight is 284 g/mol. The molecule has 86 valence electrons. The SMILES string of the molecule is CCC.NC(=O)c1ncn2cc(Br)ccc12. The molecule has 4 nitrogen and oxygen atoms in total. The first kappa shape index (κ1) is 12.7. The number of halogens is 1. The lowest BCUT2D eigenvalue weighted by molar-refractivity contribution is 0.0997. The predicted octanol–water partition coefficient (Wildman–Crippen LogP) is 2.61. The molecule has 2 N–H and O–H groups in total. The Morgan fingerprint density at radius 3 is 2.69 bits per heavy atom. The zero-order valence-electron chi connectivity index (χ0n) is 9.27. The van der Waals surface area contributed by atoms with E-state index in [1.165, 1.54) is 6.42 Å². The molecule has 0 aliphatic rings. The van der Waals surface area contributed by atoms with Crippen LogP contribution in [0.4, 0.5) is 0 Å². The highest BCUT2D eigenvalue weighted by Gasteiger charge is 2.08. The number of carbonyl (C=O) groups is 1. The van der Waals surface area contributed by atoms with Gasteiger partial charge in [-0.1, -0.05) is 20.3 Å². The summed E-state index contributed by atoms with van der Waals surface area (Å²) in [6, 6.07) is 3.63. The maximum absolute atomic E-state index is 10.9. The van der Waals surface area contributed by atoms with Crippen molar-refractivity contribution in [1.29, 1.82) is 0 Å². The van der Waals surface area contributed by atoms with Crippen molar-refractivity contribution in [2.75, 3.05) is 0 Å². The number of aromatic nitrogens is 2. The van der Waals surface area contributed by atoms with E-state index in [9.17, 15) is 4.79 Å². The highest BCUT2D eigenvalue weighted by Crippen LogP contribution is 2.14. The Labute approximate surface area is 103 Å². The number of nitrogens with two attached hydrogens (primary N) is 1. The molecule has 2 aromatic heterocycles. The van der Waals surface area contributed by atoms with Crippen LogP contribution in [0.1, 0.15) is 30.8 Å². The minimum absolute atomic E-state index is 0.299. The molecule has 0 aromatic carbocycles. The summed E-state index contributed by atoms with van der Waals surface area (Å²) in [5, 5.41) is 0. The lowest BCUT2D eigenvalue weighted by Crippen LogP contribution is -2.11. The van der Waals surface area contributed by atoms with E-state index < -0.39 is 5.91 Å². The Balaban J connectivity index is 0.000000386. The van der Waals surface area contributed by atoms with Crippen molar-refractivity contribution in [3.8, 4) is 0 Å². The molecule has 1 amide bonds. The van der Waals surface area contributed by atoms with Gasteiger partial charge in [0.2, 0.25) is 0 Å². The monoisotopic (exact) mass is 283 g/mol. The molecular weight excluding hydrogens is 270 g/mol. The van der Waals surface area contributed by atoms with Gasteiger partial charge in [0.25, 0.3) is 5.91 Å². The molecule has 0 unspecified atom stereocenters. The lowest BCUT2D eigenvalue weighted by Gasteiger charge is -1.94. The Morgan fingerprint density at radius 2 is 2.12 bits per heavy atom. The van der Waals surface area contributed by atoms with Gasteiger partial charge in [-0.15, -0.1) is 0 Å². The van der Waals surface area contributed by atoms with E-state index in [0.29, 0.717) is 5.69 Å². The lowest BCUT2D eigenvalue weighted by atomic mass is 10.3. The Kier molecular flexibility index (Phi) is 4.49.